The molecule has 1 aromatic rings. The van der Waals surface area contributed by atoms with Gasteiger partial charge in [-0.2, -0.15) is 4.31 Å². The number of piperazine rings is 1. The lowest BCUT2D eigenvalue weighted by Crippen LogP contribution is -2.47. The highest BCUT2D eigenvalue weighted by atomic mass is 32.2. The Bertz CT molecular complexity index is 792. The van der Waals surface area contributed by atoms with E-state index in [0.29, 0.717) is 26.2 Å². The Morgan fingerprint density at radius 2 is 1.40 bits per heavy atom. The number of hydrogen-bond donors (Lipinski definition) is 1. The van der Waals surface area contributed by atoms with Crippen LogP contribution in [0.25, 0.3) is 0 Å². The summed E-state index contributed by atoms with van der Waals surface area (Å²) in [7, 11) is -5.22. The third-order valence-electron chi connectivity index (χ3n) is 4.91. The van der Waals surface area contributed by atoms with E-state index >= 15 is 0 Å². The third-order valence-corrected chi connectivity index (χ3v) is 8.36. The third kappa shape index (κ3) is 4.22. The van der Waals surface area contributed by atoms with E-state index in [1.54, 1.807) is 0 Å². The summed E-state index contributed by atoms with van der Waals surface area (Å²) in [5.41, 5.74) is 0. The van der Waals surface area contributed by atoms with Crippen molar-refractivity contribution in [3.8, 4) is 0 Å². The van der Waals surface area contributed by atoms with Gasteiger partial charge in [-0.25, -0.2) is 21.6 Å². The van der Waals surface area contributed by atoms with Crippen molar-refractivity contribution in [1.82, 2.24) is 13.9 Å². The van der Waals surface area contributed by atoms with Gasteiger partial charge in [0.25, 0.3) is 0 Å². The van der Waals surface area contributed by atoms with E-state index in [0.717, 1.165) is 25.7 Å². The fraction of sp³-hybridized carbons (Fsp3) is 0.625. The Labute approximate surface area is 150 Å². The molecule has 1 aliphatic heterocycles. The highest BCUT2D eigenvalue weighted by Crippen LogP contribution is 2.22. The van der Waals surface area contributed by atoms with Gasteiger partial charge in [0.15, 0.2) is 0 Å². The molecule has 0 bridgehead atoms. The molecule has 0 unspecified atom stereocenters. The van der Waals surface area contributed by atoms with Crippen molar-refractivity contribution < 1.29 is 16.8 Å². The van der Waals surface area contributed by atoms with Crippen LogP contribution in [-0.4, -0.2) is 65.3 Å². The minimum absolute atomic E-state index is 0.0150. The van der Waals surface area contributed by atoms with Crippen molar-refractivity contribution in [3.05, 3.63) is 24.3 Å². The monoisotopic (exact) mass is 387 g/mol. The molecule has 7 nitrogen and oxygen atoms in total. The molecule has 1 saturated carbocycles. The molecule has 2 fully saturated rings. The fourth-order valence-corrected chi connectivity index (χ4v) is 6.03. The van der Waals surface area contributed by atoms with Gasteiger partial charge in [-0.05, 0) is 44.2 Å². The summed E-state index contributed by atoms with van der Waals surface area (Å²) in [4.78, 5) is 2.32. The number of sulfonamides is 2. The molecule has 0 radical (unpaired) electrons. The van der Waals surface area contributed by atoms with Gasteiger partial charge in [0, 0.05) is 32.2 Å². The van der Waals surface area contributed by atoms with Crippen LogP contribution in [0.5, 0.6) is 0 Å². The number of likely N-dealkylation sites (N-methyl/N-ethyl adjacent to an activating group) is 1. The largest absolute Gasteiger partial charge is 0.304 e. The number of hydrogen-bond acceptors (Lipinski definition) is 5. The van der Waals surface area contributed by atoms with Crippen LogP contribution in [-0.2, 0) is 20.0 Å². The number of benzene rings is 1. The molecule has 0 atom stereocenters. The number of nitrogens with one attached hydrogen (secondary N) is 1. The summed E-state index contributed by atoms with van der Waals surface area (Å²) < 4.78 is 54.3. The van der Waals surface area contributed by atoms with Crippen LogP contribution in [0, 0.1) is 0 Å². The molecule has 25 heavy (non-hydrogen) atoms. The summed E-state index contributed by atoms with van der Waals surface area (Å²) in [6, 6.07) is 5.51. The smallest absolute Gasteiger partial charge is 0.243 e. The highest BCUT2D eigenvalue weighted by Gasteiger charge is 2.28. The standard InChI is InChI=1S/C16H25N3O4S2/c1-18-10-12-19(13-11-18)25(22,23)16-8-6-15(7-9-16)24(20,21)17-14-4-2-3-5-14/h6-9,14,17H,2-5,10-13H2,1H3. The first-order valence-corrected chi connectivity index (χ1v) is 11.5. The maximum atomic E-state index is 12.7. The molecule has 140 valence electrons. The van der Waals surface area contributed by atoms with Crippen LogP contribution >= 0.6 is 0 Å². The first-order valence-electron chi connectivity index (χ1n) is 8.60. The van der Waals surface area contributed by atoms with E-state index in [1.165, 1.54) is 28.6 Å². The molecule has 1 N–H and O–H groups in total. The summed E-state index contributed by atoms with van der Waals surface area (Å²) in [6.07, 6.45) is 3.79. The van der Waals surface area contributed by atoms with Crippen molar-refractivity contribution in [2.24, 2.45) is 0 Å². The quantitative estimate of drug-likeness (QED) is 0.809. The van der Waals surface area contributed by atoms with E-state index in [-0.39, 0.29) is 15.8 Å². The fourth-order valence-electron chi connectivity index (χ4n) is 3.30. The second kappa shape index (κ2) is 7.32. The van der Waals surface area contributed by atoms with Gasteiger partial charge in [0.1, 0.15) is 0 Å². The Morgan fingerprint density at radius 3 is 1.96 bits per heavy atom. The zero-order valence-corrected chi connectivity index (χ0v) is 16.0. The molecule has 0 spiro atoms. The van der Waals surface area contributed by atoms with E-state index in [2.05, 4.69) is 9.62 Å². The maximum absolute atomic E-state index is 12.7. The lowest BCUT2D eigenvalue weighted by Gasteiger charge is -2.31. The molecule has 1 aliphatic carbocycles. The van der Waals surface area contributed by atoms with Crippen LogP contribution in [0.4, 0.5) is 0 Å². The van der Waals surface area contributed by atoms with E-state index in [4.69, 9.17) is 0 Å². The molecule has 2 aliphatic rings. The zero-order valence-electron chi connectivity index (χ0n) is 14.4. The van der Waals surface area contributed by atoms with Crippen LogP contribution in [0.15, 0.2) is 34.1 Å². The van der Waals surface area contributed by atoms with E-state index in [1.807, 2.05) is 7.05 Å². The Hall–Kier alpha value is -1.00. The van der Waals surface area contributed by atoms with Gasteiger partial charge < -0.3 is 4.90 Å². The minimum Gasteiger partial charge on any atom is -0.304 e. The number of nitrogens with zero attached hydrogens (tertiary/aromatic N) is 2. The van der Waals surface area contributed by atoms with Crippen LogP contribution in [0.2, 0.25) is 0 Å². The van der Waals surface area contributed by atoms with Gasteiger partial charge in [-0.3, -0.25) is 0 Å². The maximum Gasteiger partial charge on any atom is 0.243 e. The summed E-state index contributed by atoms with van der Waals surface area (Å²) >= 11 is 0. The van der Waals surface area contributed by atoms with E-state index < -0.39 is 20.0 Å². The lowest BCUT2D eigenvalue weighted by molar-refractivity contribution is 0.222. The molecular weight excluding hydrogens is 362 g/mol. The predicted molar refractivity (Wildman–Crippen MR) is 95.3 cm³/mol. The topological polar surface area (TPSA) is 86.8 Å². The Balaban J connectivity index is 1.75. The Morgan fingerprint density at radius 1 is 0.880 bits per heavy atom. The van der Waals surface area contributed by atoms with Crippen LogP contribution in [0.3, 0.4) is 0 Å². The van der Waals surface area contributed by atoms with Gasteiger partial charge in [0.2, 0.25) is 20.0 Å². The summed E-state index contributed by atoms with van der Waals surface area (Å²) in [5, 5.41) is 0. The Kier molecular flexibility index (Phi) is 5.50. The summed E-state index contributed by atoms with van der Waals surface area (Å²) in [5.74, 6) is 0. The second-order valence-electron chi connectivity index (χ2n) is 6.78. The SMILES string of the molecule is CN1CCN(S(=O)(=O)c2ccc(S(=O)(=O)NC3CCCC3)cc2)CC1. The van der Waals surface area contributed by atoms with Crippen LogP contribution in [0.1, 0.15) is 25.7 Å². The highest BCUT2D eigenvalue weighted by molar-refractivity contribution is 7.89. The van der Waals surface area contributed by atoms with Gasteiger partial charge in [-0.15, -0.1) is 0 Å². The van der Waals surface area contributed by atoms with Gasteiger partial charge in [0.05, 0.1) is 9.79 Å². The van der Waals surface area contributed by atoms with E-state index in [9.17, 15) is 16.8 Å². The van der Waals surface area contributed by atoms with Crippen molar-refractivity contribution in [2.45, 2.75) is 41.5 Å². The molecule has 1 heterocycles. The first kappa shape index (κ1) is 18.8. The van der Waals surface area contributed by atoms with Crippen molar-refractivity contribution >= 4 is 20.0 Å². The molecule has 1 saturated heterocycles. The zero-order chi connectivity index (χ0) is 18.1. The van der Waals surface area contributed by atoms with Crippen LogP contribution < -0.4 is 4.72 Å². The molecule has 3 rings (SSSR count). The predicted octanol–water partition coefficient (Wildman–Crippen LogP) is 0.844. The molecular formula is C16H25N3O4S2. The normalized spacial score (nSPS) is 21.6. The van der Waals surface area contributed by atoms with Crippen molar-refractivity contribution in [1.29, 1.82) is 0 Å². The minimum atomic E-state index is -3.60. The molecule has 0 aromatic heterocycles. The van der Waals surface area contributed by atoms with Crippen molar-refractivity contribution in [3.63, 3.8) is 0 Å². The second-order valence-corrected chi connectivity index (χ2v) is 10.4. The average Bonchev–Trinajstić information content (AvgIpc) is 3.07. The first-order chi connectivity index (χ1) is 11.8. The lowest BCUT2D eigenvalue weighted by atomic mass is 10.3. The van der Waals surface area contributed by atoms with Gasteiger partial charge >= 0.3 is 0 Å². The average molecular weight is 388 g/mol. The molecule has 9 heteroatoms. The van der Waals surface area contributed by atoms with Crippen molar-refractivity contribution in [2.75, 3.05) is 33.2 Å². The molecule has 0 amide bonds. The van der Waals surface area contributed by atoms with Gasteiger partial charge in [-0.1, -0.05) is 12.8 Å². The summed E-state index contributed by atoms with van der Waals surface area (Å²) in [6.45, 7) is 2.28. The number of rotatable bonds is 5. The molecule has 1 aromatic carbocycles.